The summed E-state index contributed by atoms with van der Waals surface area (Å²) >= 11 is 5.97. The van der Waals surface area contributed by atoms with Crippen LogP contribution < -0.4 is 10.6 Å². The summed E-state index contributed by atoms with van der Waals surface area (Å²) < 4.78 is 0. The first-order chi connectivity index (χ1) is 15.5. The molecule has 1 fully saturated rings. The van der Waals surface area contributed by atoms with Gasteiger partial charge in [0.05, 0.1) is 0 Å². The van der Waals surface area contributed by atoms with Crippen molar-refractivity contribution in [3.8, 4) is 0 Å². The van der Waals surface area contributed by atoms with Crippen molar-refractivity contribution >= 4 is 35.3 Å². The topological polar surface area (TPSA) is 64.7 Å². The van der Waals surface area contributed by atoms with Gasteiger partial charge in [0.1, 0.15) is 6.04 Å². The summed E-state index contributed by atoms with van der Waals surface area (Å²) in [5.41, 5.74) is 1.78. The number of hydrogen-bond donors (Lipinski definition) is 2. The van der Waals surface area contributed by atoms with E-state index in [-0.39, 0.29) is 5.91 Å². The van der Waals surface area contributed by atoms with Gasteiger partial charge in [-0.25, -0.2) is 4.79 Å². The van der Waals surface area contributed by atoms with Crippen LogP contribution in [0, 0.1) is 0 Å². The molecule has 7 heteroatoms. The maximum absolute atomic E-state index is 13.1. The molecule has 1 aliphatic heterocycles. The van der Waals surface area contributed by atoms with E-state index in [2.05, 4.69) is 39.8 Å². The van der Waals surface area contributed by atoms with E-state index in [1.54, 1.807) is 24.3 Å². The van der Waals surface area contributed by atoms with Crippen LogP contribution in [0.4, 0.5) is 10.5 Å². The molecule has 0 bridgehead atoms. The summed E-state index contributed by atoms with van der Waals surface area (Å²) in [6.07, 6.45) is 5.69. The zero-order valence-corrected chi connectivity index (χ0v) is 19.2. The molecule has 0 saturated carbocycles. The number of nitrogens with zero attached hydrogens (tertiary/aromatic N) is 2. The predicted octanol–water partition coefficient (Wildman–Crippen LogP) is 4.49. The van der Waals surface area contributed by atoms with Crippen LogP contribution in [0.5, 0.6) is 0 Å². The Kier molecular flexibility index (Phi) is 9.13. The molecule has 1 saturated heterocycles. The number of carbonyl (C=O) groups is 2. The smallest absolute Gasteiger partial charge is 0.319 e. The zero-order chi connectivity index (χ0) is 22.8. The lowest BCUT2D eigenvalue weighted by Gasteiger charge is -2.36. The highest BCUT2D eigenvalue weighted by atomic mass is 35.5. The van der Waals surface area contributed by atoms with E-state index >= 15 is 0 Å². The van der Waals surface area contributed by atoms with Gasteiger partial charge in [-0.1, -0.05) is 73.5 Å². The van der Waals surface area contributed by atoms with Gasteiger partial charge in [-0.05, 0) is 30.2 Å². The Labute approximate surface area is 195 Å². The summed E-state index contributed by atoms with van der Waals surface area (Å²) in [6.45, 7) is 5.83. The minimum atomic E-state index is -0.538. The van der Waals surface area contributed by atoms with Gasteiger partial charge in [0.15, 0.2) is 0 Å². The van der Waals surface area contributed by atoms with Crippen molar-refractivity contribution < 1.29 is 9.59 Å². The summed E-state index contributed by atoms with van der Waals surface area (Å²) in [4.78, 5) is 29.7. The monoisotopic (exact) mass is 454 g/mol. The lowest BCUT2D eigenvalue weighted by Crippen LogP contribution is -2.55. The number of halogens is 1. The minimum Gasteiger partial charge on any atom is -0.338 e. The van der Waals surface area contributed by atoms with Gasteiger partial charge in [-0.3, -0.25) is 9.69 Å². The second kappa shape index (κ2) is 12.3. The molecule has 2 aromatic rings. The second-order valence-electron chi connectivity index (χ2n) is 7.89. The van der Waals surface area contributed by atoms with E-state index in [0.717, 1.165) is 26.1 Å². The molecule has 0 aromatic heterocycles. The van der Waals surface area contributed by atoms with E-state index in [9.17, 15) is 9.59 Å². The largest absolute Gasteiger partial charge is 0.338 e. The maximum Gasteiger partial charge on any atom is 0.319 e. The standard InChI is InChI=1S/C25H31ClN4O2/c1-2-8-23(28-25(32)27-22-13-6-12-21(26)19-22)24(31)30-17-15-29(16-18-30)14-7-11-20-9-4-3-5-10-20/h3-7,9-13,19,23H,2,8,14-18H2,1H3,(H2,27,28,32)/b11-7+. The lowest BCUT2D eigenvalue weighted by atomic mass is 10.1. The van der Waals surface area contributed by atoms with Crippen LogP contribution in [0.2, 0.25) is 5.02 Å². The molecule has 1 aliphatic rings. The molecule has 32 heavy (non-hydrogen) atoms. The average molecular weight is 455 g/mol. The Morgan fingerprint density at radius 2 is 1.81 bits per heavy atom. The van der Waals surface area contributed by atoms with E-state index in [1.807, 2.05) is 30.0 Å². The molecule has 2 aromatic carbocycles. The number of amides is 3. The molecule has 0 aliphatic carbocycles. The van der Waals surface area contributed by atoms with Gasteiger partial charge in [0.2, 0.25) is 5.91 Å². The van der Waals surface area contributed by atoms with E-state index in [1.165, 1.54) is 5.56 Å². The van der Waals surface area contributed by atoms with Crippen LogP contribution in [0.25, 0.3) is 6.08 Å². The second-order valence-corrected chi connectivity index (χ2v) is 8.33. The molecular weight excluding hydrogens is 424 g/mol. The Balaban J connectivity index is 1.47. The molecule has 0 spiro atoms. The third-order valence-electron chi connectivity index (χ3n) is 5.42. The normalized spacial score (nSPS) is 15.5. The summed E-state index contributed by atoms with van der Waals surface area (Å²) in [5.74, 6) is -0.0208. The van der Waals surface area contributed by atoms with E-state index in [4.69, 9.17) is 11.6 Å². The first kappa shape index (κ1) is 23.8. The first-order valence-electron chi connectivity index (χ1n) is 11.1. The van der Waals surface area contributed by atoms with Gasteiger partial charge in [0.25, 0.3) is 0 Å². The number of nitrogens with one attached hydrogen (secondary N) is 2. The van der Waals surface area contributed by atoms with E-state index < -0.39 is 12.1 Å². The SMILES string of the molecule is CCCC(NC(=O)Nc1cccc(Cl)c1)C(=O)N1CCN(C/C=C/c2ccccc2)CC1. The first-order valence-corrected chi connectivity index (χ1v) is 11.5. The number of rotatable bonds is 8. The van der Waals surface area contributed by atoms with Crippen molar-refractivity contribution in [1.29, 1.82) is 0 Å². The molecule has 0 radical (unpaired) electrons. The van der Waals surface area contributed by atoms with E-state index in [0.29, 0.717) is 30.2 Å². The number of piperazine rings is 1. The Morgan fingerprint density at radius 3 is 2.50 bits per heavy atom. The summed E-state index contributed by atoms with van der Waals surface area (Å²) in [7, 11) is 0. The number of carbonyl (C=O) groups excluding carboxylic acids is 2. The van der Waals surface area contributed by atoms with Crippen LogP contribution in [0.1, 0.15) is 25.3 Å². The third-order valence-corrected chi connectivity index (χ3v) is 5.66. The Morgan fingerprint density at radius 1 is 1.06 bits per heavy atom. The number of hydrogen-bond acceptors (Lipinski definition) is 3. The number of anilines is 1. The van der Waals surface area contributed by atoms with Crippen LogP contribution in [-0.4, -0.2) is 60.5 Å². The summed E-state index contributed by atoms with van der Waals surface area (Å²) in [5, 5.41) is 6.13. The maximum atomic E-state index is 13.1. The zero-order valence-electron chi connectivity index (χ0n) is 18.5. The molecule has 3 amide bonds. The molecule has 3 rings (SSSR count). The predicted molar refractivity (Wildman–Crippen MR) is 131 cm³/mol. The van der Waals surface area contributed by atoms with Crippen molar-refractivity contribution in [3.63, 3.8) is 0 Å². The fourth-order valence-electron chi connectivity index (χ4n) is 3.71. The highest BCUT2D eigenvalue weighted by Crippen LogP contribution is 2.15. The fourth-order valence-corrected chi connectivity index (χ4v) is 3.90. The van der Waals surface area contributed by atoms with Gasteiger partial charge in [-0.15, -0.1) is 0 Å². The van der Waals surface area contributed by atoms with Gasteiger partial charge in [-0.2, -0.15) is 0 Å². The molecule has 1 atom stereocenters. The summed E-state index contributed by atoms with van der Waals surface area (Å²) in [6, 6.07) is 16.2. The highest BCUT2D eigenvalue weighted by molar-refractivity contribution is 6.30. The van der Waals surface area contributed by atoms with Crippen molar-refractivity contribution in [3.05, 3.63) is 71.3 Å². The van der Waals surface area contributed by atoms with Crippen molar-refractivity contribution in [2.75, 3.05) is 38.0 Å². The van der Waals surface area contributed by atoms with Gasteiger partial charge in [0, 0.05) is 43.4 Å². The molecule has 1 unspecified atom stereocenters. The lowest BCUT2D eigenvalue weighted by molar-refractivity contribution is -0.135. The van der Waals surface area contributed by atoms with Crippen LogP contribution >= 0.6 is 11.6 Å². The van der Waals surface area contributed by atoms with Crippen LogP contribution in [0.15, 0.2) is 60.7 Å². The Bertz CT molecular complexity index is 911. The highest BCUT2D eigenvalue weighted by Gasteiger charge is 2.28. The average Bonchev–Trinajstić information content (AvgIpc) is 2.79. The van der Waals surface area contributed by atoms with Crippen LogP contribution in [-0.2, 0) is 4.79 Å². The Hall–Kier alpha value is -2.83. The molecule has 2 N–H and O–H groups in total. The minimum absolute atomic E-state index is 0.0208. The fraction of sp³-hybridized carbons (Fsp3) is 0.360. The quantitative estimate of drug-likeness (QED) is 0.617. The third kappa shape index (κ3) is 7.39. The molecule has 6 nitrogen and oxygen atoms in total. The van der Waals surface area contributed by atoms with Crippen molar-refractivity contribution in [2.45, 2.75) is 25.8 Å². The molecule has 1 heterocycles. The molecular formula is C25H31ClN4O2. The molecule has 170 valence electrons. The van der Waals surface area contributed by atoms with Gasteiger partial charge < -0.3 is 15.5 Å². The number of urea groups is 1. The van der Waals surface area contributed by atoms with Crippen molar-refractivity contribution in [1.82, 2.24) is 15.1 Å². The van der Waals surface area contributed by atoms with Crippen molar-refractivity contribution in [2.24, 2.45) is 0 Å². The van der Waals surface area contributed by atoms with Crippen LogP contribution in [0.3, 0.4) is 0 Å². The number of benzene rings is 2. The van der Waals surface area contributed by atoms with Gasteiger partial charge >= 0.3 is 6.03 Å².